The third-order valence-corrected chi connectivity index (χ3v) is 7.09. The highest BCUT2D eigenvalue weighted by Crippen LogP contribution is 2.51. The number of esters is 2. The van der Waals surface area contributed by atoms with Gasteiger partial charge in [0.05, 0.1) is 26.3 Å². The van der Waals surface area contributed by atoms with Crippen LogP contribution in [-0.4, -0.2) is 60.1 Å². The van der Waals surface area contributed by atoms with Gasteiger partial charge in [0.2, 0.25) is 0 Å². The second-order valence-electron chi connectivity index (χ2n) is 9.11. The van der Waals surface area contributed by atoms with Gasteiger partial charge in [0.15, 0.2) is 6.04 Å². The molecule has 9 nitrogen and oxygen atoms in total. The Balaban J connectivity index is 1.68. The summed E-state index contributed by atoms with van der Waals surface area (Å²) in [6.07, 6.45) is 0. The summed E-state index contributed by atoms with van der Waals surface area (Å²) in [5.74, 6) is -3.41. The average Bonchev–Trinajstić information content (AvgIpc) is 3.45. The lowest BCUT2D eigenvalue weighted by Crippen LogP contribution is -2.50. The van der Waals surface area contributed by atoms with E-state index in [1.807, 2.05) is 60.7 Å². The molecule has 5 rings (SSSR count). The molecule has 2 heterocycles. The zero-order chi connectivity index (χ0) is 26.8. The van der Waals surface area contributed by atoms with Crippen molar-refractivity contribution in [3.63, 3.8) is 0 Å². The molecule has 2 fully saturated rings. The Morgan fingerprint density at radius 1 is 0.711 bits per heavy atom. The van der Waals surface area contributed by atoms with Crippen molar-refractivity contribution in [1.29, 1.82) is 0 Å². The minimum Gasteiger partial charge on any atom is -0.469 e. The van der Waals surface area contributed by atoms with Crippen molar-refractivity contribution in [1.82, 2.24) is 15.3 Å². The molecule has 0 saturated carbocycles. The summed E-state index contributed by atoms with van der Waals surface area (Å²) in [6.45, 7) is 0. The summed E-state index contributed by atoms with van der Waals surface area (Å²) < 4.78 is 10.2. The number of carbonyl (C=O) groups is 4. The second kappa shape index (κ2) is 10.5. The first-order chi connectivity index (χ1) is 18.5. The van der Waals surface area contributed by atoms with Crippen LogP contribution >= 0.6 is 0 Å². The molecule has 3 aromatic rings. The van der Waals surface area contributed by atoms with Crippen molar-refractivity contribution in [3.05, 3.63) is 108 Å². The average molecular weight is 514 g/mol. The molecule has 0 bridgehead atoms. The summed E-state index contributed by atoms with van der Waals surface area (Å²) in [6, 6.07) is 23.2. The summed E-state index contributed by atoms with van der Waals surface area (Å²) in [7, 11) is 2.46. The van der Waals surface area contributed by atoms with Crippen LogP contribution in [0.3, 0.4) is 0 Å². The Morgan fingerprint density at radius 3 is 1.74 bits per heavy atom. The number of methoxy groups -OCH3 is 2. The first kappa shape index (κ1) is 25.2. The number of nitrogens with one attached hydrogen (secondary N) is 1. The summed E-state index contributed by atoms with van der Waals surface area (Å²) in [5, 5.41) is 5.89. The van der Waals surface area contributed by atoms with Gasteiger partial charge < -0.3 is 14.8 Å². The van der Waals surface area contributed by atoms with Gasteiger partial charge in [-0.15, -0.1) is 0 Å². The number of ether oxygens (including phenoxy) is 2. The highest BCUT2D eigenvalue weighted by atomic mass is 16.5. The van der Waals surface area contributed by atoms with Gasteiger partial charge in [0.25, 0.3) is 11.8 Å². The van der Waals surface area contributed by atoms with Crippen LogP contribution < -0.4 is 5.32 Å². The molecular weight excluding hydrogens is 486 g/mol. The Bertz CT molecular complexity index is 1330. The van der Waals surface area contributed by atoms with Gasteiger partial charge in [-0.2, -0.15) is 5.01 Å². The normalized spacial score (nSPS) is 24.5. The lowest BCUT2D eigenvalue weighted by molar-refractivity contribution is -0.161. The van der Waals surface area contributed by atoms with Gasteiger partial charge >= 0.3 is 11.9 Å². The standard InChI is InChI=1S/C29H27N3O6/c1-37-28(35)21-23(18-12-6-3-7-13-18)31-24(19-14-8-4-9-15-19)22(27(34)32(31)25(21)29(36)38-2)30-26(33)20-16-10-5-11-17-20/h3-17,21-25H,1-2H3,(H,30,33)/t21-,22-,23+,24-,25+/m0/s1. The molecule has 9 heteroatoms. The fourth-order valence-electron chi connectivity index (χ4n) is 5.48. The fraction of sp³-hybridized carbons (Fsp3) is 0.241. The van der Waals surface area contributed by atoms with Crippen molar-refractivity contribution in [3.8, 4) is 0 Å². The minimum atomic E-state index is -1.28. The van der Waals surface area contributed by atoms with Crippen molar-refractivity contribution < 1.29 is 28.7 Å². The maximum atomic E-state index is 14.1. The van der Waals surface area contributed by atoms with E-state index in [2.05, 4.69) is 5.32 Å². The summed E-state index contributed by atoms with van der Waals surface area (Å²) >= 11 is 0. The molecule has 2 aliphatic rings. The van der Waals surface area contributed by atoms with Gasteiger partial charge in [0.1, 0.15) is 12.0 Å². The second-order valence-corrected chi connectivity index (χ2v) is 9.11. The van der Waals surface area contributed by atoms with Gasteiger partial charge in [-0.25, -0.2) is 4.79 Å². The topological polar surface area (TPSA) is 105 Å². The van der Waals surface area contributed by atoms with Gasteiger partial charge in [0, 0.05) is 5.56 Å². The van der Waals surface area contributed by atoms with E-state index in [0.717, 1.165) is 5.56 Å². The molecule has 0 spiro atoms. The maximum Gasteiger partial charge on any atom is 0.331 e. The highest BCUT2D eigenvalue weighted by molar-refractivity contribution is 6.00. The molecular formula is C29H27N3O6. The first-order valence-electron chi connectivity index (χ1n) is 12.2. The number of hydrazine groups is 1. The van der Waals surface area contributed by atoms with E-state index in [1.165, 1.54) is 19.2 Å². The van der Waals surface area contributed by atoms with E-state index >= 15 is 0 Å². The van der Waals surface area contributed by atoms with Gasteiger partial charge in [-0.05, 0) is 23.3 Å². The highest BCUT2D eigenvalue weighted by Gasteiger charge is 2.65. The molecule has 0 unspecified atom stereocenters. The Kier molecular flexibility index (Phi) is 6.93. The molecule has 1 N–H and O–H groups in total. The van der Waals surface area contributed by atoms with Gasteiger partial charge in [-0.3, -0.25) is 19.4 Å². The number of hydrogen-bond acceptors (Lipinski definition) is 7. The van der Waals surface area contributed by atoms with Gasteiger partial charge in [-0.1, -0.05) is 78.9 Å². The van der Waals surface area contributed by atoms with Crippen molar-refractivity contribution >= 4 is 23.8 Å². The van der Waals surface area contributed by atoms with E-state index in [4.69, 9.17) is 9.47 Å². The third kappa shape index (κ3) is 4.20. The molecule has 2 aliphatic heterocycles. The number of fused-ring (bicyclic) bond motifs is 1. The van der Waals surface area contributed by atoms with Crippen LogP contribution in [0.1, 0.15) is 33.6 Å². The Morgan fingerprint density at radius 2 is 1.21 bits per heavy atom. The largest absolute Gasteiger partial charge is 0.469 e. The minimum absolute atomic E-state index is 0.394. The summed E-state index contributed by atoms with van der Waals surface area (Å²) in [4.78, 5) is 53.7. The molecule has 3 aromatic carbocycles. The molecule has 0 aliphatic carbocycles. The number of nitrogens with zero attached hydrogens (tertiary/aromatic N) is 2. The number of benzene rings is 3. The lowest BCUT2D eigenvalue weighted by Gasteiger charge is -2.33. The van der Waals surface area contributed by atoms with Crippen LogP contribution in [0.15, 0.2) is 91.0 Å². The summed E-state index contributed by atoms with van der Waals surface area (Å²) in [5.41, 5.74) is 1.84. The van der Waals surface area contributed by atoms with Crippen molar-refractivity contribution in [2.24, 2.45) is 5.92 Å². The van der Waals surface area contributed by atoms with Crippen LogP contribution in [-0.2, 0) is 23.9 Å². The van der Waals surface area contributed by atoms with E-state index in [-0.39, 0.29) is 0 Å². The number of hydrogen-bond donors (Lipinski definition) is 1. The smallest absolute Gasteiger partial charge is 0.331 e. The molecule has 5 atom stereocenters. The van der Waals surface area contributed by atoms with Crippen LogP contribution in [0.2, 0.25) is 0 Å². The fourth-order valence-corrected chi connectivity index (χ4v) is 5.48. The van der Waals surface area contributed by atoms with E-state index < -0.39 is 53.8 Å². The molecule has 38 heavy (non-hydrogen) atoms. The zero-order valence-electron chi connectivity index (χ0n) is 20.9. The number of rotatable bonds is 6. The van der Waals surface area contributed by atoms with Crippen LogP contribution in [0.4, 0.5) is 0 Å². The molecule has 2 amide bonds. The lowest BCUT2D eigenvalue weighted by atomic mass is 9.86. The number of carbonyl (C=O) groups excluding carboxylic acids is 4. The quantitative estimate of drug-likeness (QED) is 0.506. The third-order valence-electron chi connectivity index (χ3n) is 7.09. The van der Waals surface area contributed by atoms with Crippen LogP contribution in [0.25, 0.3) is 0 Å². The molecule has 0 radical (unpaired) electrons. The SMILES string of the molecule is COC(=O)[C@H]1[C@@H](c2ccccc2)N2[C@@H](c3ccccc3)[C@H](NC(=O)c3ccccc3)C(=O)N2[C@H]1C(=O)OC. The zero-order valence-corrected chi connectivity index (χ0v) is 20.9. The van der Waals surface area contributed by atoms with E-state index in [1.54, 1.807) is 35.3 Å². The van der Waals surface area contributed by atoms with Crippen molar-refractivity contribution in [2.45, 2.75) is 24.2 Å². The number of amides is 2. The monoisotopic (exact) mass is 513 g/mol. The molecule has 194 valence electrons. The maximum absolute atomic E-state index is 14.1. The van der Waals surface area contributed by atoms with E-state index in [9.17, 15) is 19.2 Å². The Labute approximate surface area is 219 Å². The predicted octanol–water partition coefficient (Wildman–Crippen LogP) is 2.67. The Hall–Kier alpha value is -4.50. The molecule has 2 saturated heterocycles. The predicted molar refractivity (Wildman–Crippen MR) is 136 cm³/mol. The molecule has 0 aromatic heterocycles. The van der Waals surface area contributed by atoms with E-state index in [0.29, 0.717) is 11.1 Å². The first-order valence-corrected chi connectivity index (χ1v) is 12.2. The van der Waals surface area contributed by atoms with Crippen molar-refractivity contribution in [2.75, 3.05) is 14.2 Å². The van der Waals surface area contributed by atoms with Crippen LogP contribution in [0.5, 0.6) is 0 Å². The van der Waals surface area contributed by atoms with Crippen LogP contribution in [0, 0.1) is 5.92 Å².